The molecule has 7 nitrogen and oxygen atoms in total. The number of carbonyl (C=O) groups is 4. The summed E-state index contributed by atoms with van der Waals surface area (Å²) in [6.45, 7) is 5.78. The summed E-state index contributed by atoms with van der Waals surface area (Å²) < 4.78 is 5.22. The third-order valence-corrected chi connectivity index (χ3v) is 6.13. The van der Waals surface area contributed by atoms with Gasteiger partial charge in [0.2, 0.25) is 0 Å². The summed E-state index contributed by atoms with van der Waals surface area (Å²) in [7, 11) is 0. The second-order valence-corrected chi connectivity index (χ2v) is 8.07. The van der Waals surface area contributed by atoms with Gasteiger partial charge in [0.25, 0.3) is 17.7 Å². The minimum absolute atomic E-state index is 0.0727. The lowest BCUT2D eigenvalue weighted by molar-refractivity contribution is -0.155. The highest BCUT2D eigenvalue weighted by Crippen LogP contribution is 2.29. The Labute approximate surface area is 170 Å². The Morgan fingerprint density at radius 2 is 1.76 bits per heavy atom. The lowest BCUT2D eigenvalue weighted by atomic mass is 9.78. The fraction of sp³-hybridized carbons (Fsp3) is 0.545. The Bertz CT molecular complexity index is 786. The fourth-order valence-corrected chi connectivity index (χ4v) is 4.04. The molecule has 0 spiro atoms. The van der Waals surface area contributed by atoms with E-state index in [1.165, 1.54) is 6.92 Å². The van der Waals surface area contributed by atoms with Crippen molar-refractivity contribution in [3.8, 4) is 0 Å². The predicted molar refractivity (Wildman–Crippen MR) is 106 cm³/mol. The van der Waals surface area contributed by atoms with Crippen molar-refractivity contribution in [1.29, 1.82) is 0 Å². The number of rotatable bonds is 6. The summed E-state index contributed by atoms with van der Waals surface area (Å²) in [6.07, 6.45) is 2.09. The number of hydrogen-bond acceptors (Lipinski definition) is 5. The third kappa shape index (κ3) is 4.49. The molecule has 7 heteroatoms. The van der Waals surface area contributed by atoms with Gasteiger partial charge in [-0.2, -0.15) is 0 Å². The van der Waals surface area contributed by atoms with Crippen molar-refractivity contribution in [1.82, 2.24) is 10.2 Å². The quantitative estimate of drug-likeness (QED) is 0.585. The van der Waals surface area contributed by atoms with Crippen LogP contribution in [-0.2, 0) is 14.3 Å². The van der Waals surface area contributed by atoms with Gasteiger partial charge in [-0.05, 0) is 37.3 Å². The average Bonchev–Trinajstić information content (AvgIpc) is 2.94. The van der Waals surface area contributed by atoms with Gasteiger partial charge >= 0.3 is 5.97 Å². The highest BCUT2D eigenvalue weighted by atomic mass is 16.5. The number of esters is 1. The van der Waals surface area contributed by atoms with Crippen LogP contribution in [-0.4, -0.2) is 47.3 Å². The molecule has 29 heavy (non-hydrogen) atoms. The van der Waals surface area contributed by atoms with Gasteiger partial charge in [-0.1, -0.05) is 38.8 Å². The summed E-state index contributed by atoms with van der Waals surface area (Å²) >= 11 is 0. The number of hydrogen-bond donors (Lipinski definition) is 1. The third-order valence-electron chi connectivity index (χ3n) is 6.13. The zero-order valence-corrected chi connectivity index (χ0v) is 17.1. The van der Waals surface area contributed by atoms with Crippen LogP contribution in [0, 0.1) is 11.8 Å². The Kier molecular flexibility index (Phi) is 6.35. The molecule has 1 heterocycles. The standard InChI is InChI=1S/C22H28N2O5/c1-13-7-6-10-18(14(13)2)23-20(26)15(3)29-19(25)11-12-24-21(27)16-8-4-5-9-17(16)22(24)28/h4-5,8-9,13-15,18H,6-7,10-12H2,1-3H3,(H,23,26)/t13-,14+,15+,18-/m1/s1. The van der Waals surface area contributed by atoms with Crippen LogP contribution in [0.1, 0.15) is 67.2 Å². The van der Waals surface area contributed by atoms with E-state index in [1.54, 1.807) is 24.3 Å². The number of nitrogens with one attached hydrogen (secondary N) is 1. The highest BCUT2D eigenvalue weighted by Gasteiger charge is 2.35. The van der Waals surface area contributed by atoms with E-state index in [-0.39, 0.29) is 24.9 Å². The van der Waals surface area contributed by atoms with Crippen LogP contribution in [0.4, 0.5) is 0 Å². The highest BCUT2D eigenvalue weighted by molar-refractivity contribution is 6.21. The molecule has 156 valence electrons. The molecule has 1 aliphatic heterocycles. The van der Waals surface area contributed by atoms with E-state index in [0.29, 0.717) is 23.0 Å². The van der Waals surface area contributed by atoms with Crippen molar-refractivity contribution in [2.24, 2.45) is 11.8 Å². The van der Waals surface area contributed by atoms with E-state index in [2.05, 4.69) is 19.2 Å². The Morgan fingerprint density at radius 1 is 1.14 bits per heavy atom. The molecule has 0 aromatic heterocycles. The van der Waals surface area contributed by atoms with E-state index in [0.717, 1.165) is 24.2 Å². The summed E-state index contributed by atoms with van der Waals surface area (Å²) in [4.78, 5) is 50.2. The van der Waals surface area contributed by atoms with Crippen LogP contribution >= 0.6 is 0 Å². The maximum absolute atomic E-state index is 12.4. The van der Waals surface area contributed by atoms with Crippen LogP contribution in [0.3, 0.4) is 0 Å². The van der Waals surface area contributed by atoms with Crippen LogP contribution in [0.25, 0.3) is 0 Å². The van der Waals surface area contributed by atoms with Gasteiger partial charge in [0.1, 0.15) is 0 Å². The summed E-state index contributed by atoms with van der Waals surface area (Å²) in [5.74, 6) is -0.829. The Balaban J connectivity index is 1.47. The molecule has 1 aromatic carbocycles. The SMILES string of the molecule is C[C@H]1[C@H](C)CCC[C@H]1NC(=O)[C@H](C)OC(=O)CCN1C(=O)c2ccccc2C1=O. The second-order valence-electron chi connectivity index (χ2n) is 8.07. The van der Waals surface area contributed by atoms with Crippen molar-refractivity contribution in [2.45, 2.75) is 58.6 Å². The monoisotopic (exact) mass is 400 g/mol. The van der Waals surface area contributed by atoms with Crippen LogP contribution < -0.4 is 5.32 Å². The minimum atomic E-state index is -0.922. The first-order valence-electron chi connectivity index (χ1n) is 10.2. The number of benzene rings is 1. The first-order chi connectivity index (χ1) is 13.8. The van der Waals surface area contributed by atoms with Crippen molar-refractivity contribution in [3.05, 3.63) is 35.4 Å². The lowest BCUT2D eigenvalue weighted by Gasteiger charge is -2.35. The molecular weight excluding hydrogens is 372 g/mol. The molecule has 0 radical (unpaired) electrons. The van der Waals surface area contributed by atoms with Gasteiger partial charge in [0.15, 0.2) is 6.10 Å². The molecule has 1 aliphatic carbocycles. The average molecular weight is 400 g/mol. The van der Waals surface area contributed by atoms with Gasteiger partial charge in [-0.3, -0.25) is 24.1 Å². The fourth-order valence-electron chi connectivity index (χ4n) is 4.04. The number of fused-ring (bicyclic) bond motifs is 1. The van der Waals surface area contributed by atoms with Gasteiger partial charge in [0, 0.05) is 12.6 Å². The zero-order chi connectivity index (χ0) is 21.1. The lowest BCUT2D eigenvalue weighted by Crippen LogP contribution is -2.47. The van der Waals surface area contributed by atoms with Gasteiger partial charge < -0.3 is 10.1 Å². The number of carbonyl (C=O) groups excluding carboxylic acids is 4. The number of imide groups is 1. The van der Waals surface area contributed by atoms with E-state index < -0.39 is 23.9 Å². The molecule has 3 amide bonds. The van der Waals surface area contributed by atoms with E-state index in [1.807, 2.05) is 0 Å². The molecule has 0 saturated heterocycles. The smallest absolute Gasteiger partial charge is 0.308 e. The van der Waals surface area contributed by atoms with Gasteiger partial charge in [-0.15, -0.1) is 0 Å². The van der Waals surface area contributed by atoms with E-state index >= 15 is 0 Å². The largest absolute Gasteiger partial charge is 0.452 e. The maximum Gasteiger partial charge on any atom is 0.308 e. The normalized spacial score (nSPS) is 24.8. The van der Waals surface area contributed by atoms with Crippen LogP contribution in [0.2, 0.25) is 0 Å². The summed E-state index contributed by atoms with van der Waals surface area (Å²) in [5.41, 5.74) is 0.684. The minimum Gasteiger partial charge on any atom is -0.452 e. The molecule has 0 bridgehead atoms. The Morgan fingerprint density at radius 3 is 2.38 bits per heavy atom. The molecule has 1 aromatic rings. The summed E-state index contributed by atoms with van der Waals surface area (Å²) in [6, 6.07) is 6.65. The number of amides is 3. The molecule has 2 aliphatic rings. The molecule has 4 atom stereocenters. The van der Waals surface area contributed by atoms with Gasteiger partial charge in [-0.25, -0.2) is 0 Å². The maximum atomic E-state index is 12.4. The molecule has 1 saturated carbocycles. The van der Waals surface area contributed by atoms with Gasteiger partial charge in [0.05, 0.1) is 17.5 Å². The predicted octanol–water partition coefficient (Wildman–Crippen LogP) is 2.55. The molecule has 1 N–H and O–H groups in total. The van der Waals surface area contributed by atoms with E-state index in [4.69, 9.17) is 4.74 Å². The zero-order valence-electron chi connectivity index (χ0n) is 17.1. The van der Waals surface area contributed by atoms with Crippen molar-refractivity contribution in [3.63, 3.8) is 0 Å². The molecule has 3 rings (SSSR count). The Hall–Kier alpha value is -2.70. The first-order valence-corrected chi connectivity index (χ1v) is 10.2. The van der Waals surface area contributed by atoms with Crippen LogP contribution in [0.15, 0.2) is 24.3 Å². The first kappa shape index (κ1) is 21.0. The van der Waals surface area contributed by atoms with E-state index in [9.17, 15) is 19.2 Å². The van der Waals surface area contributed by atoms with Crippen molar-refractivity contribution in [2.75, 3.05) is 6.54 Å². The number of ether oxygens (including phenoxy) is 1. The molecular formula is C22H28N2O5. The van der Waals surface area contributed by atoms with Crippen LogP contribution in [0.5, 0.6) is 0 Å². The van der Waals surface area contributed by atoms with Crippen molar-refractivity contribution < 1.29 is 23.9 Å². The topological polar surface area (TPSA) is 92.8 Å². The number of nitrogens with zero attached hydrogens (tertiary/aromatic N) is 1. The molecule has 0 unspecified atom stereocenters. The second kappa shape index (κ2) is 8.76. The molecule has 1 fully saturated rings. The van der Waals surface area contributed by atoms with Crippen molar-refractivity contribution >= 4 is 23.7 Å². The summed E-state index contributed by atoms with van der Waals surface area (Å²) in [5, 5.41) is 2.99.